The topological polar surface area (TPSA) is 38.3 Å². The molecule has 2 aliphatic rings. The van der Waals surface area contributed by atoms with Crippen molar-refractivity contribution in [2.75, 3.05) is 20.2 Å². The number of carbonyl (C=O) groups excluding carboxylic acids is 1. The molecule has 0 amide bonds. The monoisotopic (exact) mass is 169 g/mol. The predicted molar refractivity (Wildman–Crippen MR) is 44.6 cm³/mol. The first-order valence-corrected chi connectivity index (χ1v) is 4.60. The summed E-state index contributed by atoms with van der Waals surface area (Å²) in [6.45, 7) is 2.08. The van der Waals surface area contributed by atoms with Gasteiger partial charge in [-0.1, -0.05) is 0 Å². The van der Waals surface area contributed by atoms with Gasteiger partial charge in [0.2, 0.25) is 0 Å². The molecule has 3 nitrogen and oxygen atoms in total. The Morgan fingerprint density at radius 2 is 2.25 bits per heavy atom. The molecule has 2 fully saturated rings. The highest BCUT2D eigenvalue weighted by Crippen LogP contribution is 2.38. The van der Waals surface area contributed by atoms with Crippen LogP contribution in [0.15, 0.2) is 0 Å². The number of rotatable bonds is 1. The summed E-state index contributed by atoms with van der Waals surface area (Å²) in [6.07, 6.45) is 2.25. The van der Waals surface area contributed by atoms with Gasteiger partial charge in [0.05, 0.1) is 13.0 Å². The van der Waals surface area contributed by atoms with Crippen LogP contribution < -0.4 is 5.32 Å². The lowest BCUT2D eigenvalue weighted by molar-refractivity contribution is -0.146. The molecule has 2 rings (SSSR count). The average molecular weight is 169 g/mol. The number of nitrogens with one attached hydrogen (secondary N) is 1. The predicted octanol–water partition coefficient (Wildman–Crippen LogP) is 0.405. The first kappa shape index (κ1) is 8.05. The van der Waals surface area contributed by atoms with Crippen molar-refractivity contribution in [1.82, 2.24) is 5.32 Å². The second-order valence-electron chi connectivity index (χ2n) is 3.89. The van der Waals surface area contributed by atoms with E-state index in [4.69, 9.17) is 4.74 Å². The van der Waals surface area contributed by atoms with Gasteiger partial charge in [-0.2, -0.15) is 0 Å². The SMILES string of the molecule is COC(=O)[C@@H]1C[C@H]2CNC[C@@H]1C2. The second kappa shape index (κ2) is 3.05. The molecule has 12 heavy (non-hydrogen) atoms. The lowest BCUT2D eigenvalue weighted by Crippen LogP contribution is -2.33. The van der Waals surface area contributed by atoms with Crippen LogP contribution in [-0.4, -0.2) is 26.2 Å². The van der Waals surface area contributed by atoms with E-state index < -0.39 is 0 Å². The molecule has 68 valence electrons. The van der Waals surface area contributed by atoms with Gasteiger partial charge in [0, 0.05) is 0 Å². The maximum absolute atomic E-state index is 11.3. The van der Waals surface area contributed by atoms with Crippen LogP contribution in [0.25, 0.3) is 0 Å². The Morgan fingerprint density at radius 3 is 2.92 bits per heavy atom. The number of hydrogen-bond donors (Lipinski definition) is 1. The quantitative estimate of drug-likeness (QED) is 0.578. The van der Waals surface area contributed by atoms with E-state index in [1.165, 1.54) is 13.5 Å². The molecule has 1 saturated carbocycles. The van der Waals surface area contributed by atoms with Gasteiger partial charge in [0.25, 0.3) is 0 Å². The molecular weight excluding hydrogens is 154 g/mol. The molecule has 2 bridgehead atoms. The number of hydrogen-bond acceptors (Lipinski definition) is 3. The van der Waals surface area contributed by atoms with Gasteiger partial charge in [-0.05, 0) is 37.8 Å². The van der Waals surface area contributed by atoms with E-state index in [1.807, 2.05) is 0 Å². The van der Waals surface area contributed by atoms with Gasteiger partial charge >= 0.3 is 5.97 Å². The Labute approximate surface area is 72.5 Å². The summed E-state index contributed by atoms with van der Waals surface area (Å²) in [5, 5.41) is 3.35. The molecule has 0 unspecified atom stereocenters. The van der Waals surface area contributed by atoms with Crippen molar-refractivity contribution in [3.63, 3.8) is 0 Å². The Hall–Kier alpha value is -0.570. The van der Waals surface area contributed by atoms with E-state index in [-0.39, 0.29) is 11.9 Å². The summed E-state index contributed by atoms with van der Waals surface area (Å²) in [6, 6.07) is 0. The van der Waals surface area contributed by atoms with Crippen LogP contribution in [0.4, 0.5) is 0 Å². The van der Waals surface area contributed by atoms with E-state index in [0.29, 0.717) is 11.8 Å². The molecule has 0 spiro atoms. The van der Waals surface area contributed by atoms with Crippen molar-refractivity contribution in [3.8, 4) is 0 Å². The molecule has 0 aromatic heterocycles. The number of ether oxygens (including phenoxy) is 1. The first-order chi connectivity index (χ1) is 5.81. The zero-order chi connectivity index (χ0) is 8.55. The maximum atomic E-state index is 11.3. The minimum Gasteiger partial charge on any atom is -0.469 e. The Bertz CT molecular complexity index is 193. The van der Waals surface area contributed by atoms with Gasteiger partial charge in [-0.15, -0.1) is 0 Å². The van der Waals surface area contributed by atoms with Crippen LogP contribution in [0.1, 0.15) is 12.8 Å². The molecule has 1 N–H and O–H groups in total. The zero-order valence-electron chi connectivity index (χ0n) is 7.38. The van der Waals surface area contributed by atoms with Crippen molar-refractivity contribution in [3.05, 3.63) is 0 Å². The summed E-state index contributed by atoms with van der Waals surface area (Å²) in [5.41, 5.74) is 0. The maximum Gasteiger partial charge on any atom is 0.308 e. The molecule has 0 aromatic carbocycles. The Kier molecular flexibility index (Phi) is 2.05. The fourth-order valence-corrected chi connectivity index (χ4v) is 2.55. The number of esters is 1. The Balaban J connectivity index is 2.04. The summed E-state index contributed by atoms with van der Waals surface area (Å²) in [7, 11) is 1.48. The van der Waals surface area contributed by atoms with Crippen LogP contribution in [0.5, 0.6) is 0 Å². The van der Waals surface area contributed by atoms with Crippen LogP contribution in [0.3, 0.4) is 0 Å². The van der Waals surface area contributed by atoms with Gasteiger partial charge in [-0.3, -0.25) is 4.79 Å². The number of carbonyl (C=O) groups is 1. The lowest BCUT2D eigenvalue weighted by atomic mass is 9.95. The molecule has 1 aliphatic carbocycles. The number of piperidine rings is 1. The van der Waals surface area contributed by atoms with Crippen molar-refractivity contribution < 1.29 is 9.53 Å². The summed E-state index contributed by atoms with van der Waals surface area (Å²) in [5.74, 6) is 1.42. The van der Waals surface area contributed by atoms with Crippen molar-refractivity contribution >= 4 is 5.97 Å². The highest BCUT2D eigenvalue weighted by atomic mass is 16.5. The summed E-state index contributed by atoms with van der Waals surface area (Å²) in [4.78, 5) is 11.3. The van der Waals surface area contributed by atoms with E-state index in [2.05, 4.69) is 5.32 Å². The van der Waals surface area contributed by atoms with E-state index >= 15 is 0 Å². The van der Waals surface area contributed by atoms with Gasteiger partial charge in [0.1, 0.15) is 0 Å². The lowest BCUT2D eigenvalue weighted by Gasteiger charge is -2.20. The average Bonchev–Trinajstić information content (AvgIpc) is 2.40. The molecular formula is C9H15NO2. The largest absolute Gasteiger partial charge is 0.469 e. The normalized spacial score (nSPS) is 39.6. The van der Waals surface area contributed by atoms with Gasteiger partial charge in [-0.25, -0.2) is 0 Å². The summed E-state index contributed by atoms with van der Waals surface area (Å²) < 4.78 is 4.78. The van der Waals surface area contributed by atoms with Gasteiger partial charge < -0.3 is 10.1 Å². The van der Waals surface area contributed by atoms with Crippen LogP contribution in [0, 0.1) is 17.8 Å². The molecule has 1 saturated heterocycles. The summed E-state index contributed by atoms with van der Waals surface area (Å²) >= 11 is 0. The zero-order valence-corrected chi connectivity index (χ0v) is 7.38. The minimum atomic E-state index is -0.00815. The fraction of sp³-hybridized carbons (Fsp3) is 0.889. The molecule has 0 aromatic rings. The third-order valence-electron chi connectivity index (χ3n) is 3.14. The van der Waals surface area contributed by atoms with E-state index in [0.717, 1.165) is 19.5 Å². The minimum absolute atomic E-state index is 0.00815. The fourth-order valence-electron chi connectivity index (χ4n) is 2.55. The van der Waals surface area contributed by atoms with Crippen LogP contribution in [-0.2, 0) is 9.53 Å². The van der Waals surface area contributed by atoms with Gasteiger partial charge in [0.15, 0.2) is 0 Å². The molecule has 0 radical (unpaired) electrons. The van der Waals surface area contributed by atoms with Crippen LogP contribution >= 0.6 is 0 Å². The third-order valence-corrected chi connectivity index (χ3v) is 3.14. The highest BCUT2D eigenvalue weighted by Gasteiger charge is 2.41. The third kappa shape index (κ3) is 1.22. The molecule has 3 heteroatoms. The standard InChI is InChI=1S/C9H15NO2/c1-12-9(11)8-3-6-2-7(8)5-10-4-6/h6-8,10H,2-5H2,1H3/t6-,7-,8+/m0/s1. The number of methoxy groups -OCH3 is 1. The highest BCUT2D eigenvalue weighted by molar-refractivity contribution is 5.73. The Morgan fingerprint density at radius 1 is 1.42 bits per heavy atom. The van der Waals surface area contributed by atoms with E-state index in [9.17, 15) is 4.79 Å². The van der Waals surface area contributed by atoms with Crippen molar-refractivity contribution in [1.29, 1.82) is 0 Å². The molecule has 3 atom stereocenters. The van der Waals surface area contributed by atoms with E-state index in [1.54, 1.807) is 0 Å². The smallest absolute Gasteiger partial charge is 0.308 e. The molecule has 1 heterocycles. The van der Waals surface area contributed by atoms with Crippen molar-refractivity contribution in [2.45, 2.75) is 12.8 Å². The van der Waals surface area contributed by atoms with Crippen LogP contribution in [0.2, 0.25) is 0 Å². The number of fused-ring (bicyclic) bond motifs is 2. The van der Waals surface area contributed by atoms with Crippen molar-refractivity contribution in [2.24, 2.45) is 17.8 Å². The second-order valence-corrected chi connectivity index (χ2v) is 3.89. The first-order valence-electron chi connectivity index (χ1n) is 4.60. The molecule has 1 aliphatic heterocycles.